The number of Topliss-reactive ketones (excluding diaryl/α,β-unsaturated/α-hetero) is 1. The van der Waals surface area contributed by atoms with Gasteiger partial charge in [0.1, 0.15) is 0 Å². The number of carbonyl (C=O) groups is 1. The van der Waals surface area contributed by atoms with Gasteiger partial charge in [-0.15, -0.1) is 0 Å². The highest BCUT2D eigenvalue weighted by atomic mass is 16.1. The van der Waals surface area contributed by atoms with Crippen LogP contribution in [0.25, 0.3) is 11.6 Å². The van der Waals surface area contributed by atoms with E-state index in [4.69, 9.17) is 0 Å². The molecule has 0 atom stereocenters. The minimum absolute atomic E-state index is 0.0112. The lowest BCUT2D eigenvalue weighted by atomic mass is 9.91. The summed E-state index contributed by atoms with van der Waals surface area (Å²) in [5.41, 5.74) is 5.44. The van der Waals surface area contributed by atoms with Crippen LogP contribution in [-0.4, -0.2) is 5.78 Å². The van der Waals surface area contributed by atoms with E-state index in [0.29, 0.717) is 5.57 Å². The summed E-state index contributed by atoms with van der Waals surface area (Å²) in [6, 6.07) is 17.8. The minimum atomic E-state index is 0.0112. The molecule has 1 heteroatoms. The Labute approximate surface area is 129 Å². The van der Waals surface area contributed by atoms with Gasteiger partial charge in [0.15, 0.2) is 0 Å². The predicted molar refractivity (Wildman–Crippen MR) is 88.8 cm³/mol. The lowest BCUT2D eigenvalue weighted by molar-refractivity contribution is -0.111. The van der Waals surface area contributed by atoms with Crippen LogP contribution < -0.4 is 0 Å². The normalized spacial score (nSPS) is 14.9. The lowest BCUT2D eigenvalue weighted by Crippen LogP contribution is -2.08. The van der Waals surface area contributed by atoms with Gasteiger partial charge in [0.2, 0.25) is 5.78 Å². The number of benzene rings is 2. The Morgan fingerprint density at radius 2 is 1.50 bits per heavy atom. The highest BCUT2D eigenvalue weighted by Crippen LogP contribution is 2.38. The molecule has 0 aliphatic heterocycles. The molecule has 0 saturated heterocycles. The van der Waals surface area contributed by atoms with Crippen LogP contribution in [0.15, 0.2) is 77.9 Å². The van der Waals surface area contributed by atoms with E-state index in [-0.39, 0.29) is 5.78 Å². The Bertz CT molecular complexity index is 929. The van der Waals surface area contributed by atoms with Crippen molar-refractivity contribution in [3.05, 3.63) is 94.6 Å². The van der Waals surface area contributed by atoms with E-state index < -0.39 is 0 Å². The zero-order valence-corrected chi connectivity index (χ0v) is 11.8. The molecular weight excluding hydrogens is 268 g/mol. The third kappa shape index (κ3) is 2.03. The fourth-order valence-electron chi connectivity index (χ4n) is 2.76. The Kier molecular flexibility index (Phi) is 2.88. The molecule has 0 N–H and O–H groups in total. The van der Waals surface area contributed by atoms with Crippen molar-refractivity contribution in [3.63, 3.8) is 0 Å². The van der Waals surface area contributed by atoms with Crippen molar-refractivity contribution >= 4 is 17.4 Å². The van der Waals surface area contributed by atoms with Gasteiger partial charge in [0, 0.05) is 11.1 Å². The predicted octanol–water partition coefficient (Wildman–Crippen LogP) is 4.03. The maximum absolute atomic E-state index is 12.6. The van der Waals surface area contributed by atoms with E-state index in [1.165, 1.54) is 0 Å². The minimum Gasteiger partial charge on any atom is -0.288 e. The first-order valence-electron chi connectivity index (χ1n) is 7.18. The average Bonchev–Trinajstić information content (AvgIpc) is 2.95. The molecule has 0 unspecified atom stereocenters. The van der Waals surface area contributed by atoms with Gasteiger partial charge in [-0.3, -0.25) is 4.79 Å². The topological polar surface area (TPSA) is 17.1 Å². The van der Waals surface area contributed by atoms with E-state index in [0.717, 1.165) is 27.8 Å². The van der Waals surface area contributed by atoms with Crippen molar-refractivity contribution < 1.29 is 4.79 Å². The summed E-state index contributed by atoms with van der Waals surface area (Å²) in [6.45, 7) is 0. The van der Waals surface area contributed by atoms with Crippen molar-refractivity contribution in [1.29, 1.82) is 0 Å². The molecule has 0 amide bonds. The molecule has 0 aromatic heterocycles. The maximum Gasteiger partial charge on any atom is 0.202 e. The third-order valence-corrected chi connectivity index (χ3v) is 3.86. The molecule has 0 fully saturated rings. The monoisotopic (exact) mass is 280 g/mol. The molecule has 0 spiro atoms. The first-order chi connectivity index (χ1) is 10.8. The van der Waals surface area contributed by atoms with Crippen molar-refractivity contribution in [1.82, 2.24) is 0 Å². The number of allylic oxidation sites excluding steroid dienone is 5. The molecule has 2 aliphatic rings. The Morgan fingerprint density at radius 3 is 2.36 bits per heavy atom. The van der Waals surface area contributed by atoms with Gasteiger partial charge in [-0.1, -0.05) is 60.4 Å². The molecule has 1 nitrogen and oxygen atoms in total. The fraction of sp³-hybridized carbons (Fsp3) is 0. The summed E-state index contributed by atoms with van der Waals surface area (Å²) < 4.78 is 0. The highest BCUT2D eigenvalue weighted by molar-refractivity contribution is 6.27. The smallest absolute Gasteiger partial charge is 0.202 e. The SMILES string of the molecule is O=C1C(C#Cc2ccccc2)=CC=C2C1=Cc1ccccc12. The second kappa shape index (κ2) is 5.02. The van der Waals surface area contributed by atoms with Crippen LogP contribution in [-0.2, 0) is 4.79 Å². The number of hydrogen-bond acceptors (Lipinski definition) is 1. The largest absolute Gasteiger partial charge is 0.288 e. The van der Waals surface area contributed by atoms with E-state index in [2.05, 4.69) is 11.8 Å². The van der Waals surface area contributed by atoms with Gasteiger partial charge in [0.25, 0.3) is 0 Å². The van der Waals surface area contributed by atoms with Crippen LogP contribution in [0.3, 0.4) is 0 Å². The van der Waals surface area contributed by atoms with Crippen molar-refractivity contribution in [2.24, 2.45) is 0 Å². The van der Waals surface area contributed by atoms with Crippen LogP contribution in [0.5, 0.6) is 0 Å². The second-order valence-electron chi connectivity index (χ2n) is 5.25. The van der Waals surface area contributed by atoms with Crippen molar-refractivity contribution in [2.75, 3.05) is 0 Å². The number of carbonyl (C=O) groups excluding carboxylic acids is 1. The molecule has 0 radical (unpaired) electrons. The summed E-state index contributed by atoms with van der Waals surface area (Å²) in [5.74, 6) is 6.06. The molecule has 102 valence electrons. The standard InChI is InChI=1S/C21H12O/c22-21-16(11-10-15-6-2-1-3-7-15)12-13-19-18-9-5-4-8-17(18)14-20(19)21/h1-9,12-14H. The molecule has 22 heavy (non-hydrogen) atoms. The first kappa shape index (κ1) is 12.6. The van der Waals surface area contributed by atoms with Crippen molar-refractivity contribution in [3.8, 4) is 11.8 Å². The summed E-state index contributed by atoms with van der Waals surface area (Å²) in [5, 5.41) is 0. The molecule has 2 aromatic rings. The summed E-state index contributed by atoms with van der Waals surface area (Å²) >= 11 is 0. The van der Waals surface area contributed by atoms with Gasteiger partial charge in [-0.2, -0.15) is 0 Å². The fourth-order valence-corrected chi connectivity index (χ4v) is 2.76. The Balaban J connectivity index is 1.72. The van der Waals surface area contributed by atoms with Gasteiger partial charge < -0.3 is 0 Å². The van der Waals surface area contributed by atoms with Crippen molar-refractivity contribution in [2.45, 2.75) is 0 Å². The van der Waals surface area contributed by atoms with Gasteiger partial charge in [-0.25, -0.2) is 0 Å². The zero-order chi connectivity index (χ0) is 14.9. The summed E-state index contributed by atoms with van der Waals surface area (Å²) in [7, 11) is 0. The van der Waals surface area contributed by atoms with Crippen LogP contribution in [0.2, 0.25) is 0 Å². The Morgan fingerprint density at radius 1 is 0.727 bits per heavy atom. The third-order valence-electron chi connectivity index (χ3n) is 3.86. The van der Waals surface area contributed by atoms with Gasteiger partial charge >= 0.3 is 0 Å². The highest BCUT2D eigenvalue weighted by Gasteiger charge is 2.27. The molecule has 4 rings (SSSR count). The van der Waals surface area contributed by atoms with E-state index >= 15 is 0 Å². The lowest BCUT2D eigenvalue weighted by Gasteiger charge is -2.10. The van der Waals surface area contributed by atoms with E-state index in [1.807, 2.05) is 72.8 Å². The van der Waals surface area contributed by atoms with Gasteiger partial charge in [0.05, 0.1) is 5.57 Å². The maximum atomic E-state index is 12.6. The van der Waals surface area contributed by atoms with Crippen LogP contribution >= 0.6 is 0 Å². The average molecular weight is 280 g/mol. The van der Waals surface area contributed by atoms with Gasteiger partial charge in [-0.05, 0) is 41.0 Å². The number of ketones is 1. The van der Waals surface area contributed by atoms with E-state index in [9.17, 15) is 4.79 Å². The summed E-state index contributed by atoms with van der Waals surface area (Å²) in [6.07, 6.45) is 5.78. The molecule has 0 heterocycles. The molecule has 2 aromatic carbocycles. The van der Waals surface area contributed by atoms with Crippen LogP contribution in [0.4, 0.5) is 0 Å². The molecule has 2 aliphatic carbocycles. The zero-order valence-electron chi connectivity index (χ0n) is 11.8. The van der Waals surface area contributed by atoms with E-state index in [1.54, 1.807) is 0 Å². The van der Waals surface area contributed by atoms with Crippen LogP contribution in [0.1, 0.15) is 16.7 Å². The Hall–Kier alpha value is -3.11. The summed E-state index contributed by atoms with van der Waals surface area (Å²) in [4.78, 5) is 12.6. The van der Waals surface area contributed by atoms with Crippen LogP contribution in [0, 0.1) is 11.8 Å². The number of rotatable bonds is 0. The quantitative estimate of drug-likeness (QED) is 0.666. The first-order valence-corrected chi connectivity index (χ1v) is 7.18. The number of fused-ring (bicyclic) bond motifs is 3. The molecule has 0 saturated carbocycles. The molecule has 0 bridgehead atoms. The number of hydrogen-bond donors (Lipinski definition) is 0. The second-order valence-corrected chi connectivity index (χ2v) is 5.25. The molecular formula is C21H12O.